The lowest BCUT2D eigenvalue weighted by molar-refractivity contribution is -0.121. The summed E-state index contributed by atoms with van der Waals surface area (Å²) in [5.74, 6) is -0.247. The van der Waals surface area contributed by atoms with E-state index >= 15 is 0 Å². The number of hydrogen-bond donors (Lipinski definition) is 1. The summed E-state index contributed by atoms with van der Waals surface area (Å²) in [7, 11) is 1.72. The Labute approximate surface area is 107 Å². The fourth-order valence-electron chi connectivity index (χ4n) is 2.38. The monoisotopic (exact) mass is 250 g/mol. The summed E-state index contributed by atoms with van der Waals surface area (Å²) in [5.41, 5.74) is 6.48. The summed E-state index contributed by atoms with van der Waals surface area (Å²) >= 11 is 0. The maximum atomic E-state index is 12.8. The molecule has 1 amide bonds. The molecule has 0 aromatic heterocycles. The standard InChI is InChI=1S/C14H19FN2O/c1-17(12-5-3-11(15)4-6-12)13(18)9-14(10-16)7-2-8-14/h3-6H,2,7-10,16H2,1H3. The second-order valence-corrected chi connectivity index (χ2v) is 5.16. The van der Waals surface area contributed by atoms with Crippen molar-refractivity contribution in [1.82, 2.24) is 0 Å². The highest BCUT2D eigenvalue weighted by Crippen LogP contribution is 2.43. The van der Waals surface area contributed by atoms with Gasteiger partial charge in [0.15, 0.2) is 0 Å². The van der Waals surface area contributed by atoms with E-state index < -0.39 is 0 Å². The Morgan fingerprint density at radius 2 is 2.00 bits per heavy atom. The molecule has 18 heavy (non-hydrogen) atoms. The van der Waals surface area contributed by atoms with Crippen molar-refractivity contribution in [2.24, 2.45) is 11.1 Å². The highest BCUT2D eigenvalue weighted by atomic mass is 19.1. The summed E-state index contributed by atoms with van der Waals surface area (Å²) in [6.07, 6.45) is 3.71. The third-order valence-electron chi connectivity index (χ3n) is 3.96. The maximum Gasteiger partial charge on any atom is 0.227 e. The van der Waals surface area contributed by atoms with Crippen LogP contribution in [0.15, 0.2) is 24.3 Å². The molecule has 0 radical (unpaired) electrons. The van der Waals surface area contributed by atoms with E-state index in [1.807, 2.05) is 0 Å². The lowest BCUT2D eigenvalue weighted by Crippen LogP contribution is -2.42. The minimum absolute atomic E-state index is 0.00533. The molecule has 2 N–H and O–H groups in total. The first-order valence-corrected chi connectivity index (χ1v) is 6.28. The quantitative estimate of drug-likeness (QED) is 0.891. The van der Waals surface area contributed by atoms with Crippen LogP contribution in [-0.4, -0.2) is 19.5 Å². The van der Waals surface area contributed by atoms with E-state index in [1.165, 1.54) is 12.1 Å². The number of nitrogens with two attached hydrogens (primary N) is 1. The number of benzene rings is 1. The number of hydrogen-bond acceptors (Lipinski definition) is 2. The normalized spacial score (nSPS) is 17.1. The molecular weight excluding hydrogens is 231 g/mol. The smallest absolute Gasteiger partial charge is 0.227 e. The number of amides is 1. The van der Waals surface area contributed by atoms with Gasteiger partial charge in [-0.05, 0) is 49.1 Å². The van der Waals surface area contributed by atoms with E-state index in [0.29, 0.717) is 18.7 Å². The van der Waals surface area contributed by atoms with Gasteiger partial charge in [-0.1, -0.05) is 6.42 Å². The van der Waals surface area contributed by atoms with Crippen LogP contribution < -0.4 is 10.6 Å². The van der Waals surface area contributed by atoms with Crippen LogP contribution in [0.1, 0.15) is 25.7 Å². The third kappa shape index (κ3) is 2.53. The summed E-state index contributed by atoms with van der Waals surface area (Å²) < 4.78 is 12.8. The molecule has 0 aliphatic heterocycles. The number of carbonyl (C=O) groups is 1. The van der Waals surface area contributed by atoms with Crippen LogP contribution in [0.4, 0.5) is 10.1 Å². The Balaban J connectivity index is 2.02. The van der Waals surface area contributed by atoms with Crippen LogP contribution in [0, 0.1) is 11.2 Å². The zero-order chi connectivity index (χ0) is 13.2. The van der Waals surface area contributed by atoms with E-state index in [-0.39, 0.29) is 17.1 Å². The molecule has 2 rings (SSSR count). The highest BCUT2D eigenvalue weighted by Gasteiger charge is 2.38. The molecule has 1 aliphatic carbocycles. The van der Waals surface area contributed by atoms with Gasteiger partial charge in [0.05, 0.1) is 0 Å². The van der Waals surface area contributed by atoms with E-state index in [9.17, 15) is 9.18 Å². The minimum Gasteiger partial charge on any atom is -0.330 e. The van der Waals surface area contributed by atoms with Crippen LogP contribution in [0.5, 0.6) is 0 Å². The van der Waals surface area contributed by atoms with Gasteiger partial charge in [0.25, 0.3) is 0 Å². The van der Waals surface area contributed by atoms with Crippen molar-refractivity contribution < 1.29 is 9.18 Å². The van der Waals surface area contributed by atoms with Gasteiger partial charge in [0.1, 0.15) is 5.82 Å². The predicted molar refractivity (Wildman–Crippen MR) is 69.8 cm³/mol. The highest BCUT2D eigenvalue weighted by molar-refractivity contribution is 5.93. The molecular formula is C14H19FN2O. The van der Waals surface area contributed by atoms with Gasteiger partial charge in [-0.25, -0.2) is 4.39 Å². The Morgan fingerprint density at radius 3 is 2.44 bits per heavy atom. The molecule has 98 valence electrons. The largest absolute Gasteiger partial charge is 0.330 e. The average Bonchev–Trinajstić information content (AvgIpc) is 2.33. The molecule has 0 atom stereocenters. The number of carbonyl (C=O) groups excluding carboxylic acids is 1. The van der Waals surface area contributed by atoms with Crippen molar-refractivity contribution in [3.8, 4) is 0 Å². The molecule has 0 bridgehead atoms. The second-order valence-electron chi connectivity index (χ2n) is 5.16. The van der Waals surface area contributed by atoms with Gasteiger partial charge in [0, 0.05) is 19.2 Å². The molecule has 1 aromatic rings. The second kappa shape index (κ2) is 5.06. The maximum absolute atomic E-state index is 12.8. The van der Waals surface area contributed by atoms with Crippen molar-refractivity contribution in [2.75, 3.05) is 18.5 Å². The average molecular weight is 250 g/mol. The first-order valence-electron chi connectivity index (χ1n) is 6.28. The summed E-state index contributed by atoms with van der Waals surface area (Å²) in [5, 5.41) is 0. The van der Waals surface area contributed by atoms with Crippen LogP contribution >= 0.6 is 0 Å². The fourth-order valence-corrected chi connectivity index (χ4v) is 2.38. The fraction of sp³-hybridized carbons (Fsp3) is 0.500. The van der Waals surface area contributed by atoms with Gasteiger partial charge in [0.2, 0.25) is 5.91 Å². The minimum atomic E-state index is -0.294. The molecule has 1 aliphatic rings. The van der Waals surface area contributed by atoms with Crippen LogP contribution in [0.3, 0.4) is 0 Å². The number of halogens is 1. The van der Waals surface area contributed by atoms with Gasteiger partial charge >= 0.3 is 0 Å². The molecule has 0 unspecified atom stereocenters. The Bertz CT molecular complexity index is 420. The first-order chi connectivity index (χ1) is 8.56. The van der Waals surface area contributed by atoms with Crippen molar-refractivity contribution in [3.05, 3.63) is 30.1 Å². The zero-order valence-corrected chi connectivity index (χ0v) is 10.7. The van der Waals surface area contributed by atoms with Gasteiger partial charge in [-0.15, -0.1) is 0 Å². The molecule has 0 saturated heterocycles. The van der Waals surface area contributed by atoms with Crippen LogP contribution in [0.2, 0.25) is 0 Å². The Kier molecular flexibility index (Phi) is 3.66. The third-order valence-corrected chi connectivity index (χ3v) is 3.96. The summed E-state index contributed by atoms with van der Waals surface area (Å²) in [6, 6.07) is 5.95. The van der Waals surface area contributed by atoms with E-state index in [1.54, 1.807) is 24.1 Å². The SMILES string of the molecule is CN(C(=O)CC1(CN)CCC1)c1ccc(F)cc1. The predicted octanol–water partition coefficient (Wildman–Crippen LogP) is 2.31. The summed E-state index contributed by atoms with van der Waals surface area (Å²) in [4.78, 5) is 13.8. The van der Waals surface area contributed by atoms with Crippen molar-refractivity contribution in [1.29, 1.82) is 0 Å². The van der Waals surface area contributed by atoms with Gasteiger partial charge in [-0.3, -0.25) is 4.79 Å². The molecule has 3 nitrogen and oxygen atoms in total. The molecule has 1 fully saturated rings. The summed E-state index contributed by atoms with van der Waals surface area (Å²) in [6.45, 7) is 0.565. The Morgan fingerprint density at radius 1 is 1.39 bits per heavy atom. The van der Waals surface area contributed by atoms with Crippen molar-refractivity contribution >= 4 is 11.6 Å². The number of nitrogens with zero attached hydrogens (tertiary/aromatic N) is 1. The van der Waals surface area contributed by atoms with Crippen LogP contribution in [-0.2, 0) is 4.79 Å². The van der Waals surface area contributed by atoms with E-state index in [2.05, 4.69) is 0 Å². The molecule has 1 saturated carbocycles. The lowest BCUT2D eigenvalue weighted by atomic mass is 9.66. The first kappa shape index (κ1) is 13.0. The lowest BCUT2D eigenvalue weighted by Gasteiger charge is -2.41. The molecule has 4 heteroatoms. The van der Waals surface area contributed by atoms with Gasteiger partial charge in [-0.2, -0.15) is 0 Å². The molecule has 1 aromatic carbocycles. The molecule has 0 heterocycles. The topological polar surface area (TPSA) is 46.3 Å². The van der Waals surface area contributed by atoms with Crippen molar-refractivity contribution in [2.45, 2.75) is 25.7 Å². The zero-order valence-electron chi connectivity index (χ0n) is 10.7. The van der Waals surface area contributed by atoms with E-state index in [4.69, 9.17) is 5.73 Å². The van der Waals surface area contributed by atoms with Crippen LogP contribution in [0.25, 0.3) is 0 Å². The van der Waals surface area contributed by atoms with E-state index in [0.717, 1.165) is 19.3 Å². The van der Waals surface area contributed by atoms with Gasteiger partial charge < -0.3 is 10.6 Å². The molecule has 0 spiro atoms. The number of anilines is 1. The number of rotatable bonds is 4. The Hall–Kier alpha value is -1.42. The van der Waals surface area contributed by atoms with Crippen molar-refractivity contribution in [3.63, 3.8) is 0 Å².